The van der Waals surface area contributed by atoms with Gasteiger partial charge >= 0.3 is 0 Å². The zero-order valence-corrected chi connectivity index (χ0v) is 4.48. The molecular weight excluding hydrogens is 122 g/mol. The molecule has 0 aromatic carbocycles. The van der Waals surface area contributed by atoms with Crippen molar-refractivity contribution in [2.75, 3.05) is 0 Å². The zero-order chi connectivity index (χ0) is 7.28. The largest absolute Gasteiger partial charge is 0.411 e. The van der Waals surface area contributed by atoms with Crippen LogP contribution >= 0.6 is 0 Å². The maximum atomic E-state index is 10.1. The molecule has 0 heterocycles. The molecule has 0 saturated carbocycles. The Labute approximate surface area is 51.4 Å². The van der Waals surface area contributed by atoms with Crippen LogP contribution in [0.5, 0.6) is 0 Å². The van der Waals surface area contributed by atoms with Crippen LogP contribution in [0.25, 0.3) is 0 Å². The van der Waals surface area contributed by atoms with Gasteiger partial charge in [0.15, 0.2) is 5.92 Å². The lowest BCUT2D eigenvalue weighted by atomic mass is 10.2. The number of hydrogen-bond acceptors (Lipinski definition) is 4. The maximum Gasteiger partial charge on any atom is 0.240 e. The van der Waals surface area contributed by atoms with Gasteiger partial charge in [-0.1, -0.05) is 0 Å². The highest BCUT2D eigenvalue weighted by molar-refractivity contribution is 5.94. The standard InChI is InChI=1S/C4H5N3O2/c5-1-3(2-7-9)4(6)8/h2-3,9H,(H2,6,8)/b7-2-. The minimum Gasteiger partial charge on any atom is -0.411 e. The van der Waals surface area contributed by atoms with Gasteiger partial charge in [0.1, 0.15) is 0 Å². The van der Waals surface area contributed by atoms with E-state index >= 15 is 0 Å². The van der Waals surface area contributed by atoms with E-state index in [1.165, 1.54) is 6.07 Å². The average molecular weight is 127 g/mol. The van der Waals surface area contributed by atoms with Crippen molar-refractivity contribution in [1.29, 1.82) is 5.26 Å². The highest BCUT2D eigenvalue weighted by Gasteiger charge is 2.09. The van der Waals surface area contributed by atoms with E-state index in [-0.39, 0.29) is 0 Å². The van der Waals surface area contributed by atoms with Crippen molar-refractivity contribution in [1.82, 2.24) is 0 Å². The fourth-order valence-corrected chi connectivity index (χ4v) is 0.237. The van der Waals surface area contributed by atoms with Crippen molar-refractivity contribution < 1.29 is 10.0 Å². The van der Waals surface area contributed by atoms with E-state index in [4.69, 9.17) is 10.5 Å². The van der Waals surface area contributed by atoms with Crippen molar-refractivity contribution >= 4 is 12.1 Å². The molecule has 0 aromatic heterocycles. The molecule has 5 heteroatoms. The molecule has 0 saturated heterocycles. The Balaban J connectivity index is 4.04. The van der Waals surface area contributed by atoms with Crippen LogP contribution in [0, 0.1) is 17.2 Å². The van der Waals surface area contributed by atoms with E-state index in [9.17, 15) is 4.79 Å². The number of nitriles is 1. The Hall–Kier alpha value is -1.57. The number of oxime groups is 1. The van der Waals surface area contributed by atoms with Gasteiger partial charge < -0.3 is 10.9 Å². The molecule has 0 aromatic rings. The smallest absolute Gasteiger partial charge is 0.240 e. The van der Waals surface area contributed by atoms with Gasteiger partial charge in [0.25, 0.3) is 0 Å². The summed E-state index contributed by atoms with van der Waals surface area (Å²) in [4.78, 5) is 10.1. The van der Waals surface area contributed by atoms with E-state index < -0.39 is 11.8 Å². The zero-order valence-electron chi connectivity index (χ0n) is 4.48. The third-order valence-electron chi connectivity index (χ3n) is 0.661. The number of amides is 1. The lowest BCUT2D eigenvalue weighted by Crippen LogP contribution is -2.22. The first kappa shape index (κ1) is 7.43. The maximum absolute atomic E-state index is 10.1. The lowest BCUT2D eigenvalue weighted by molar-refractivity contribution is -0.118. The van der Waals surface area contributed by atoms with Gasteiger partial charge in [-0.2, -0.15) is 5.26 Å². The Kier molecular flexibility index (Phi) is 2.84. The molecule has 1 atom stereocenters. The first-order valence-electron chi connectivity index (χ1n) is 2.09. The number of primary amides is 1. The normalized spacial score (nSPS) is 12.8. The third-order valence-corrected chi connectivity index (χ3v) is 0.661. The highest BCUT2D eigenvalue weighted by Crippen LogP contribution is 1.85. The van der Waals surface area contributed by atoms with E-state index in [1.54, 1.807) is 0 Å². The minimum atomic E-state index is -1.13. The summed E-state index contributed by atoms with van der Waals surface area (Å²) in [5, 5.41) is 18.4. The topological polar surface area (TPSA) is 99.5 Å². The first-order chi connectivity index (χ1) is 4.22. The fraction of sp³-hybridized carbons (Fsp3) is 0.250. The molecule has 0 spiro atoms. The summed E-state index contributed by atoms with van der Waals surface area (Å²) in [6, 6.07) is 1.52. The number of carbonyl (C=O) groups excluding carboxylic acids is 1. The van der Waals surface area contributed by atoms with E-state index in [0.717, 1.165) is 6.21 Å². The predicted octanol–water partition coefficient (Wildman–Crippen LogP) is -0.929. The number of hydrogen-bond donors (Lipinski definition) is 2. The number of nitrogens with two attached hydrogens (primary N) is 1. The second kappa shape index (κ2) is 3.43. The summed E-state index contributed by atoms with van der Waals surface area (Å²) in [7, 11) is 0. The molecule has 0 bridgehead atoms. The fourth-order valence-electron chi connectivity index (χ4n) is 0.237. The molecule has 5 nitrogen and oxygen atoms in total. The van der Waals surface area contributed by atoms with Crippen molar-refractivity contribution in [3.8, 4) is 6.07 Å². The summed E-state index contributed by atoms with van der Waals surface area (Å²) in [6.07, 6.45) is 0.766. The highest BCUT2D eigenvalue weighted by atomic mass is 16.4. The van der Waals surface area contributed by atoms with E-state index in [1.807, 2.05) is 0 Å². The molecule has 1 unspecified atom stereocenters. The van der Waals surface area contributed by atoms with Crippen molar-refractivity contribution in [2.45, 2.75) is 0 Å². The van der Waals surface area contributed by atoms with Gasteiger partial charge in [-0.3, -0.25) is 4.79 Å². The first-order valence-corrected chi connectivity index (χ1v) is 2.09. The molecule has 1 amide bonds. The summed E-state index contributed by atoms with van der Waals surface area (Å²) < 4.78 is 0. The van der Waals surface area contributed by atoms with Crippen LogP contribution in [0.2, 0.25) is 0 Å². The van der Waals surface area contributed by atoms with Crippen molar-refractivity contribution in [2.24, 2.45) is 16.8 Å². The van der Waals surface area contributed by atoms with Crippen LogP contribution in [-0.4, -0.2) is 17.3 Å². The van der Waals surface area contributed by atoms with Crippen LogP contribution < -0.4 is 5.73 Å². The Morgan fingerprint density at radius 1 is 2.00 bits per heavy atom. The van der Waals surface area contributed by atoms with Gasteiger partial charge in [-0.25, -0.2) is 0 Å². The quantitative estimate of drug-likeness (QED) is 0.284. The summed E-state index contributed by atoms with van der Waals surface area (Å²) in [6.45, 7) is 0. The Bertz CT molecular complexity index is 169. The number of rotatable bonds is 2. The molecule has 0 aliphatic heterocycles. The van der Waals surface area contributed by atoms with E-state index in [2.05, 4.69) is 10.9 Å². The van der Waals surface area contributed by atoms with Crippen LogP contribution in [-0.2, 0) is 4.79 Å². The van der Waals surface area contributed by atoms with Crippen molar-refractivity contribution in [3.63, 3.8) is 0 Å². The average Bonchev–Trinajstić information content (AvgIpc) is 1.82. The van der Waals surface area contributed by atoms with Gasteiger partial charge in [0.05, 0.1) is 12.3 Å². The summed E-state index contributed by atoms with van der Waals surface area (Å²) in [5.74, 6) is -1.95. The Morgan fingerprint density at radius 3 is 2.67 bits per heavy atom. The SMILES string of the molecule is N#CC(/C=N\O)C(N)=O. The minimum absolute atomic E-state index is 0.766. The molecule has 3 N–H and O–H groups in total. The predicted molar refractivity (Wildman–Crippen MR) is 28.6 cm³/mol. The molecule has 0 radical (unpaired) electrons. The van der Waals surface area contributed by atoms with Gasteiger partial charge in [0, 0.05) is 0 Å². The lowest BCUT2D eigenvalue weighted by Gasteiger charge is -1.90. The second-order valence-corrected chi connectivity index (χ2v) is 1.27. The molecule has 48 valence electrons. The molecule has 0 fully saturated rings. The van der Waals surface area contributed by atoms with Gasteiger partial charge in [-0.15, -0.1) is 5.16 Å². The Morgan fingerprint density at radius 2 is 2.56 bits per heavy atom. The monoisotopic (exact) mass is 127 g/mol. The molecule has 0 rings (SSSR count). The summed E-state index contributed by atoms with van der Waals surface area (Å²) >= 11 is 0. The molecule has 9 heavy (non-hydrogen) atoms. The van der Waals surface area contributed by atoms with Gasteiger partial charge in [0.2, 0.25) is 5.91 Å². The molecule has 0 aliphatic rings. The van der Waals surface area contributed by atoms with Crippen LogP contribution in [0.4, 0.5) is 0 Å². The van der Waals surface area contributed by atoms with Crippen LogP contribution in [0.15, 0.2) is 5.16 Å². The second-order valence-electron chi connectivity index (χ2n) is 1.27. The van der Waals surface area contributed by atoms with Crippen LogP contribution in [0.3, 0.4) is 0 Å². The molecule has 0 aliphatic carbocycles. The van der Waals surface area contributed by atoms with E-state index in [0.29, 0.717) is 0 Å². The third kappa shape index (κ3) is 2.29. The number of carbonyl (C=O) groups is 1. The van der Waals surface area contributed by atoms with Crippen LogP contribution in [0.1, 0.15) is 0 Å². The van der Waals surface area contributed by atoms with Gasteiger partial charge in [-0.05, 0) is 0 Å². The summed E-state index contributed by atoms with van der Waals surface area (Å²) in [5.41, 5.74) is 4.67. The number of nitrogens with zero attached hydrogens (tertiary/aromatic N) is 2. The molecular formula is C4H5N3O2. The van der Waals surface area contributed by atoms with Crippen molar-refractivity contribution in [3.05, 3.63) is 0 Å².